The largest absolute Gasteiger partial charge is 0.143 e. The minimum atomic E-state index is 0.00911. The SMILES string of the molecule is CC(Cl)c1nnc(C2CC3CCC2C3)s1. The molecule has 2 aliphatic rings. The maximum Gasteiger partial charge on any atom is 0.135 e. The summed E-state index contributed by atoms with van der Waals surface area (Å²) in [6.45, 7) is 1.96. The van der Waals surface area contributed by atoms with Crippen LogP contribution >= 0.6 is 22.9 Å². The zero-order valence-corrected chi connectivity index (χ0v) is 10.4. The lowest BCUT2D eigenvalue weighted by molar-refractivity contribution is 0.417. The molecule has 0 radical (unpaired) electrons. The Hall–Kier alpha value is -0.150. The summed E-state index contributed by atoms with van der Waals surface area (Å²) in [6.07, 6.45) is 5.62. The molecule has 15 heavy (non-hydrogen) atoms. The predicted octanol–water partition coefficient (Wildman–Crippen LogP) is 3.74. The van der Waals surface area contributed by atoms with Gasteiger partial charge in [-0.05, 0) is 38.0 Å². The zero-order chi connectivity index (χ0) is 10.4. The third-order valence-electron chi connectivity index (χ3n) is 3.85. The van der Waals surface area contributed by atoms with Crippen molar-refractivity contribution in [2.75, 3.05) is 0 Å². The fourth-order valence-electron chi connectivity index (χ4n) is 3.10. The van der Waals surface area contributed by atoms with Gasteiger partial charge in [-0.15, -0.1) is 21.8 Å². The van der Waals surface area contributed by atoms with Crippen LogP contribution in [0, 0.1) is 11.8 Å². The molecule has 1 aromatic heterocycles. The Labute approximate surface area is 99.1 Å². The molecule has 4 unspecified atom stereocenters. The third-order valence-corrected chi connectivity index (χ3v) is 5.43. The molecule has 0 aliphatic heterocycles. The maximum absolute atomic E-state index is 6.01. The van der Waals surface area contributed by atoms with Gasteiger partial charge in [0.2, 0.25) is 0 Å². The van der Waals surface area contributed by atoms with E-state index in [-0.39, 0.29) is 5.38 Å². The standard InChI is InChI=1S/C11H15ClN2S/c1-6(12)10-13-14-11(15-10)9-5-7-2-3-8(9)4-7/h6-9H,2-5H2,1H3. The van der Waals surface area contributed by atoms with E-state index in [0.717, 1.165) is 16.8 Å². The molecule has 2 aliphatic carbocycles. The molecule has 3 rings (SSSR count). The average Bonchev–Trinajstić information content (AvgIpc) is 2.93. The predicted molar refractivity (Wildman–Crippen MR) is 62.4 cm³/mol. The van der Waals surface area contributed by atoms with E-state index in [0.29, 0.717) is 5.92 Å². The molecule has 0 aromatic carbocycles. The number of nitrogens with zero attached hydrogens (tertiary/aromatic N) is 2. The van der Waals surface area contributed by atoms with Crippen molar-refractivity contribution in [3.63, 3.8) is 0 Å². The second-order valence-corrected chi connectivity index (χ2v) is 6.57. The first-order chi connectivity index (χ1) is 7.24. The van der Waals surface area contributed by atoms with E-state index in [2.05, 4.69) is 10.2 Å². The first-order valence-corrected chi connectivity index (χ1v) is 6.96. The molecule has 4 atom stereocenters. The molecule has 4 heteroatoms. The summed E-state index contributed by atoms with van der Waals surface area (Å²) in [4.78, 5) is 0. The Bertz CT molecular complexity index is 363. The Morgan fingerprint density at radius 1 is 1.33 bits per heavy atom. The van der Waals surface area contributed by atoms with Crippen LogP contribution in [0.3, 0.4) is 0 Å². The Morgan fingerprint density at radius 2 is 2.20 bits per heavy atom. The molecule has 82 valence electrons. The molecule has 2 saturated carbocycles. The highest BCUT2D eigenvalue weighted by Gasteiger charge is 2.41. The lowest BCUT2D eigenvalue weighted by Crippen LogP contribution is -2.07. The Morgan fingerprint density at radius 3 is 2.73 bits per heavy atom. The number of fused-ring (bicyclic) bond motifs is 2. The van der Waals surface area contributed by atoms with Gasteiger partial charge in [0.1, 0.15) is 10.0 Å². The molecule has 0 spiro atoms. The van der Waals surface area contributed by atoms with E-state index in [1.165, 1.54) is 30.7 Å². The molecular formula is C11H15ClN2S. The van der Waals surface area contributed by atoms with Gasteiger partial charge in [0.25, 0.3) is 0 Å². The highest BCUT2D eigenvalue weighted by molar-refractivity contribution is 7.11. The van der Waals surface area contributed by atoms with Crippen molar-refractivity contribution in [1.29, 1.82) is 0 Å². The van der Waals surface area contributed by atoms with E-state index in [9.17, 15) is 0 Å². The zero-order valence-electron chi connectivity index (χ0n) is 8.82. The summed E-state index contributed by atoms with van der Waals surface area (Å²) < 4.78 is 0. The normalized spacial score (nSPS) is 36.0. The number of alkyl halides is 1. The number of aromatic nitrogens is 2. The van der Waals surface area contributed by atoms with E-state index in [4.69, 9.17) is 11.6 Å². The van der Waals surface area contributed by atoms with Gasteiger partial charge in [0, 0.05) is 5.92 Å². The molecule has 1 aromatic rings. The molecule has 0 saturated heterocycles. The quantitative estimate of drug-likeness (QED) is 0.739. The number of rotatable bonds is 2. The van der Waals surface area contributed by atoms with Gasteiger partial charge in [0.05, 0.1) is 5.38 Å². The van der Waals surface area contributed by atoms with Crippen molar-refractivity contribution in [3.8, 4) is 0 Å². The molecule has 2 bridgehead atoms. The average molecular weight is 243 g/mol. The van der Waals surface area contributed by atoms with Gasteiger partial charge in [-0.1, -0.05) is 17.8 Å². The topological polar surface area (TPSA) is 25.8 Å². The number of halogens is 1. The van der Waals surface area contributed by atoms with E-state index in [1.807, 2.05) is 6.92 Å². The van der Waals surface area contributed by atoms with Crippen molar-refractivity contribution in [3.05, 3.63) is 10.0 Å². The van der Waals surface area contributed by atoms with Crippen LogP contribution in [-0.4, -0.2) is 10.2 Å². The molecule has 2 nitrogen and oxygen atoms in total. The van der Waals surface area contributed by atoms with Crippen molar-refractivity contribution in [1.82, 2.24) is 10.2 Å². The first kappa shape index (κ1) is 10.0. The van der Waals surface area contributed by atoms with Crippen molar-refractivity contribution < 1.29 is 0 Å². The van der Waals surface area contributed by atoms with Crippen LogP contribution in [-0.2, 0) is 0 Å². The summed E-state index contributed by atoms with van der Waals surface area (Å²) in [5.41, 5.74) is 0. The van der Waals surface area contributed by atoms with Gasteiger partial charge < -0.3 is 0 Å². The van der Waals surface area contributed by atoms with Crippen LogP contribution in [0.15, 0.2) is 0 Å². The highest BCUT2D eigenvalue weighted by Crippen LogP contribution is 2.53. The van der Waals surface area contributed by atoms with E-state index >= 15 is 0 Å². The fourth-order valence-corrected chi connectivity index (χ4v) is 4.26. The minimum absolute atomic E-state index is 0.00911. The van der Waals surface area contributed by atoms with Gasteiger partial charge in [-0.25, -0.2) is 0 Å². The van der Waals surface area contributed by atoms with Gasteiger partial charge in [-0.3, -0.25) is 0 Å². The summed E-state index contributed by atoms with van der Waals surface area (Å²) in [6, 6.07) is 0. The summed E-state index contributed by atoms with van der Waals surface area (Å²) in [5, 5.41) is 10.7. The highest BCUT2D eigenvalue weighted by atomic mass is 35.5. The van der Waals surface area contributed by atoms with Crippen LogP contribution in [0.1, 0.15) is 53.9 Å². The maximum atomic E-state index is 6.01. The minimum Gasteiger partial charge on any atom is -0.143 e. The number of hydrogen-bond acceptors (Lipinski definition) is 3. The Kier molecular flexibility index (Phi) is 2.48. The second kappa shape index (κ2) is 3.70. The molecule has 0 N–H and O–H groups in total. The smallest absolute Gasteiger partial charge is 0.135 e. The molecule has 1 heterocycles. The van der Waals surface area contributed by atoms with Gasteiger partial charge in [-0.2, -0.15) is 0 Å². The first-order valence-electron chi connectivity index (χ1n) is 5.71. The van der Waals surface area contributed by atoms with Crippen molar-refractivity contribution in [2.45, 2.75) is 43.9 Å². The fraction of sp³-hybridized carbons (Fsp3) is 0.818. The lowest BCUT2D eigenvalue weighted by atomic mass is 9.89. The van der Waals surface area contributed by atoms with Crippen LogP contribution in [0.4, 0.5) is 0 Å². The summed E-state index contributed by atoms with van der Waals surface area (Å²) in [5.74, 6) is 2.56. The van der Waals surface area contributed by atoms with Gasteiger partial charge >= 0.3 is 0 Å². The lowest BCUT2D eigenvalue weighted by Gasteiger charge is -2.18. The molecular weight excluding hydrogens is 228 g/mol. The Balaban J connectivity index is 1.81. The summed E-state index contributed by atoms with van der Waals surface area (Å²) >= 11 is 7.73. The summed E-state index contributed by atoms with van der Waals surface area (Å²) in [7, 11) is 0. The van der Waals surface area contributed by atoms with Crippen LogP contribution in [0.2, 0.25) is 0 Å². The molecule has 0 amide bonds. The van der Waals surface area contributed by atoms with Crippen molar-refractivity contribution >= 4 is 22.9 Å². The van der Waals surface area contributed by atoms with E-state index < -0.39 is 0 Å². The van der Waals surface area contributed by atoms with Gasteiger partial charge in [0.15, 0.2) is 0 Å². The third kappa shape index (κ3) is 1.70. The molecule has 2 fully saturated rings. The van der Waals surface area contributed by atoms with E-state index in [1.54, 1.807) is 11.3 Å². The van der Waals surface area contributed by atoms with Crippen LogP contribution in [0.25, 0.3) is 0 Å². The van der Waals surface area contributed by atoms with Crippen molar-refractivity contribution in [2.24, 2.45) is 11.8 Å². The van der Waals surface area contributed by atoms with Crippen LogP contribution in [0.5, 0.6) is 0 Å². The second-order valence-electron chi connectivity index (χ2n) is 4.88. The number of hydrogen-bond donors (Lipinski definition) is 0. The van der Waals surface area contributed by atoms with Crippen LogP contribution < -0.4 is 0 Å². The monoisotopic (exact) mass is 242 g/mol.